The lowest BCUT2D eigenvalue weighted by Crippen LogP contribution is -2.18. The molecule has 0 saturated heterocycles. The highest BCUT2D eigenvalue weighted by Crippen LogP contribution is 2.35. The molecule has 0 amide bonds. The van der Waals surface area contributed by atoms with Crippen LogP contribution in [-0.2, 0) is 6.54 Å². The van der Waals surface area contributed by atoms with E-state index in [0.717, 1.165) is 77.0 Å². The summed E-state index contributed by atoms with van der Waals surface area (Å²) in [5.74, 6) is 3.97. The maximum atomic E-state index is 5.97. The second kappa shape index (κ2) is 11.6. The molecule has 5 rings (SSSR count). The number of hydrogen-bond donors (Lipinski definition) is 2. The molecule has 8 heteroatoms. The number of ether oxygens (including phenoxy) is 4. The van der Waals surface area contributed by atoms with Crippen LogP contribution in [0.15, 0.2) is 72.9 Å². The van der Waals surface area contributed by atoms with E-state index in [9.17, 15) is 0 Å². The summed E-state index contributed by atoms with van der Waals surface area (Å²) >= 11 is 0. The van der Waals surface area contributed by atoms with Gasteiger partial charge in [-0.3, -0.25) is 4.98 Å². The Labute approximate surface area is 210 Å². The van der Waals surface area contributed by atoms with Crippen LogP contribution in [0.2, 0.25) is 0 Å². The average molecular weight is 494 g/mol. The van der Waals surface area contributed by atoms with Crippen LogP contribution in [-0.4, -0.2) is 32.0 Å². The normalized spacial score (nSPS) is 11.7. The number of halogens is 1. The number of methoxy groups -OCH3 is 1. The first-order valence-corrected chi connectivity index (χ1v) is 11.3. The number of fused-ring (bicyclic) bond motifs is 2. The Bertz CT molecular complexity index is 1270. The average Bonchev–Trinajstić information content (AvgIpc) is 3.36. The molecule has 0 unspecified atom stereocenters. The van der Waals surface area contributed by atoms with Crippen molar-refractivity contribution in [3.05, 3.63) is 78.5 Å². The highest BCUT2D eigenvalue weighted by atomic mass is 35.5. The Morgan fingerprint density at radius 2 is 1.74 bits per heavy atom. The van der Waals surface area contributed by atoms with Gasteiger partial charge in [-0.05, 0) is 61.5 Å². The Kier molecular flexibility index (Phi) is 8.13. The number of aromatic nitrogens is 1. The molecule has 1 aromatic heterocycles. The van der Waals surface area contributed by atoms with Gasteiger partial charge in [0.25, 0.3) is 0 Å². The number of nitrogens with one attached hydrogen (secondary N) is 2. The highest BCUT2D eigenvalue weighted by molar-refractivity contribution is 5.91. The lowest BCUT2D eigenvalue weighted by molar-refractivity contribution is 0.173. The first kappa shape index (κ1) is 24.4. The summed E-state index contributed by atoms with van der Waals surface area (Å²) in [6.45, 7) is 2.79. The van der Waals surface area contributed by atoms with E-state index in [1.54, 1.807) is 7.11 Å². The molecule has 182 valence electrons. The molecule has 0 spiro atoms. The van der Waals surface area contributed by atoms with Crippen LogP contribution in [0, 0.1) is 0 Å². The van der Waals surface area contributed by atoms with Crippen molar-refractivity contribution in [2.45, 2.75) is 13.0 Å². The lowest BCUT2D eigenvalue weighted by Gasteiger charge is -2.12. The molecule has 0 bridgehead atoms. The van der Waals surface area contributed by atoms with Crippen LogP contribution >= 0.6 is 12.4 Å². The van der Waals surface area contributed by atoms with Gasteiger partial charge in [-0.25, -0.2) is 0 Å². The Morgan fingerprint density at radius 1 is 0.914 bits per heavy atom. The first-order valence-electron chi connectivity index (χ1n) is 11.3. The number of pyridine rings is 1. The molecule has 0 aliphatic carbocycles. The van der Waals surface area contributed by atoms with Crippen LogP contribution in [0.4, 0.5) is 5.69 Å². The minimum absolute atomic E-state index is 0. The predicted octanol–water partition coefficient (Wildman–Crippen LogP) is 5.78. The monoisotopic (exact) mass is 493 g/mol. The van der Waals surface area contributed by atoms with Crippen LogP contribution in [0.1, 0.15) is 12.0 Å². The summed E-state index contributed by atoms with van der Waals surface area (Å²) < 4.78 is 22.2. The molecule has 0 saturated carbocycles. The van der Waals surface area contributed by atoms with Gasteiger partial charge in [0, 0.05) is 42.0 Å². The third-order valence-corrected chi connectivity index (χ3v) is 5.65. The van der Waals surface area contributed by atoms with E-state index in [4.69, 9.17) is 18.9 Å². The van der Waals surface area contributed by atoms with Crippen molar-refractivity contribution in [2.75, 3.05) is 32.3 Å². The van der Waals surface area contributed by atoms with E-state index in [1.165, 1.54) is 0 Å². The van der Waals surface area contributed by atoms with Gasteiger partial charge in [0.2, 0.25) is 6.79 Å². The van der Waals surface area contributed by atoms with E-state index in [0.29, 0.717) is 6.79 Å². The third-order valence-electron chi connectivity index (χ3n) is 5.65. The minimum Gasteiger partial charge on any atom is -0.497 e. The molecule has 0 radical (unpaired) electrons. The maximum absolute atomic E-state index is 5.97. The zero-order valence-electron chi connectivity index (χ0n) is 19.5. The molecule has 1 aliphatic rings. The lowest BCUT2D eigenvalue weighted by atomic mass is 10.1. The molecule has 2 heterocycles. The van der Waals surface area contributed by atoms with Gasteiger partial charge in [0.15, 0.2) is 11.5 Å². The standard InChI is InChI=1S/C27H27N3O4.ClH/c1-31-20-6-8-21(9-7-20)34-22-10-11-23-24(12-15-30-25(23)16-22)29-14-3-13-28-17-19-4-2-5-26-27(19)33-18-32-26;/h2,4-12,15-16,28H,3,13-14,17-18H2,1H3,(H,29,30);1H. The number of nitrogens with zero attached hydrogens (tertiary/aromatic N) is 1. The van der Waals surface area contributed by atoms with Gasteiger partial charge in [0.1, 0.15) is 17.2 Å². The van der Waals surface area contributed by atoms with E-state index in [2.05, 4.69) is 21.7 Å². The zero-order valence-corrected chi connectivity index (χ0v) is 20.3. The number of benzene rings is 3. The zero-order chi connectivity index (χ0) is 23.2. The molecule has 2 N–H and O–H groups in total. The summed E-state index contributed by atoms with van der Waals surface area (Å²) in [6.07, 6.45) is 2.80. The van der Waals surface area contributed by atoms with E-state index >= 15 is 0 Å². The predicted molar refractivity (Wildman–Crippen MR) is 139 cm³/mol. The van der Waals surface area contributed by atoms with Crippen molar-refractivity contribution in [2.24, 2.45) is 0 Å². The SMILES string of the molecule is COc1ccc(Oc2ccc3c(NCCCNCc4cccc5c4OCO5)ccnc3c2)cc1.Cl. The second-order valence-electron chi connectivity index (χ2n) is 7.92. The van der Waals surface area contributed by atoms with Gasteiger partial charge in [-0.15, -0.1) is 12.4 Å². The molecule has 0 atom stereocenters. The van der Waals surface area contributed by atoms with Gasteiger partial charge in [-0.1, -0.05) is 12.1 Å². The molecular formula is C27H28ClN3O4. The topological polar surface area (TPSA) is 73.9 Å². The summed E-state index contributed by atoms with van der Waals surface area (Å²) in [4.78, 5) is 4.52. The van der Waals surface area contributed by atoms with Crippen LogP contribution in [0.3, 0.4) is 0 Å². The Balaban J connectivity index is 0.00000289. The second-order valence-corrected chi connectivity index (χ2v) is 7.92. The van der Waals surface area contributed by atoms with Gasteiger partial charge < -0.3 is 29.6 Å². The highest BCUT2D eigenvalue weighted by Gasteiger charge is 2.16. The summed E-state index contributed by atoms with van der Waals surface area (Å²) in [5.41, 5.74) is 3.07. The van der Waals surface area contributed by atoms with Crippen molar-refractivity contribution in [3.8, 4) is 28.7 Å². The fraction of sp³-hybridized carbons (Fsp3) is 0.222. The van der Waals surface area contributed by atoms with Gasteiger partial charge in [0.05, 0.1) is 12.6 Å². The Morgan fingerprint density at radius 3 is 2.60 bits per heavy atom. The molecule has 3 aromatic carbocycles. The maximum Gasteiger partial charge on any atom is 0.231 e. The molecule has 0 fully saturated rings. The third kappa shape index (κ3) is 5.88. The minimum atomic E-state index is 0. The van der Waals surface area contributed by atoms with Crippen molar-refractivity contribution in [1.82, 2.24) is 10.3 Å². The van der Waals surface area contributed by atoms with Crippen LogP contribution in [0.5, 0.6) is 28.7 Å². The van der Waals surface area contributed by atoms with E-state index in [1.807, 2.05) is 66.9 Å². The quantitative estimate of drug-likeness (QED) is 0.271. The number of anilines is 1. The first-order chi connectivity index (χ1) is 16.8. The summed E-state index contributed by atoms with van der Waals surface area (Å²) in [5, 5.41) is 8.08. The summed E-state index contributed by atoms with van der Waals surface area (Å²) in [6, 6.07) is 21.5. The number of rotatable bonds is 10. The smallest absolute Gasteiger partial charge is 0.231 e. The van der Waals surface area contributed by atoms with Crippen molar-refractivity contribution in [1.29, 1.82) is 0 Å². The van der Waals surface area contributed by atoms with Crippen molar-refractivity contribution >= 4 is 29.0 Å². The van der Waals surface area contributed by atoms with Crippen LogP contribution in [0.25, 0.3) is 10.9 Å². The number of para-hydroxylation sites is 1. The molecule has 1 aliphatic heterocycles. The van der Waals surface area contributed by atoms with E-state index in [-0.39, 0.29) is 12.4 Å². The van der Waals surface area contributed by atoms with Crippen LogP contribution < -0.4 is 29.6 Å². The van der Waals surface area contributed by atoms with Crippen molar-refractivity contribution in [3.63, 3.8) is 0 Å². The molecule has 4 aromatic rings. The summed E-state index contributed by atoms with van der Waals surface area (Å²) in [7, 11) is 1.65. The molecule has 7 nitrogen and oxygen atoms in total. The Hall–Kier alpha value is -3.68. The molecule has 35 heavy (non-hydrogen) atoms. The van der Waals surface area contributed by atoms with Crippen molar-refractivity contribution < 1.29 is 18.9 Å². The fourth-order valence-corrected chi connectivity index (χ4v) is 3.91. The number of hydrogen-bond acceptors (Lipinski definition) is 7. The fourth-order valence-electron chi connectivity index (χ4n) is 3.91. The van der Waals surface area contributed by atoms with Gasteiger partial charge >= 0.3 is 0 Å². The largest absolute Gasteiger partial charge is 0.497 e. The van der Waals surface area contributed by atoms with Gasteiger partial charge in [-0.2, -0.15) is 0 Å². The van der Waals surface area contributed by atoms with E-state index < -0.39 is 0 Å². The molecular weight excluding hydrogens is 466 g/mol.